The van der Waals surface area contributed by atoms with Gasteiger partial charge in [-0.2, -0.15) is 0 Å². The van der Waals surface area contributed by atoms with Gasteiger partial charge < -0.3 is 11.1 Å². The summed E-state index contributed by atoms with van der Waals surface area (Å²) in [5.41, 5.74) is 5.95. The molecular formula is C13H25N3O. The SMILES string of the molecule is CC(N)C1CCN(C2CCCCNC2=O)CC1. The molecule has 2 rings (SSSR count). The number of carbonyl (C=O) groups excluding carboxylic acids is 1. The molecule has 2 atom stereocenters. The molecule has 2 unspecified atom stereocenters. The smallest absolute Gasteiger partial charge is 0.237 e. The van der Waals surface area contributed by atoms with Crippen LogP contribution in [0.25, 0.3) is 0 Å². The van der Waals surface area contributed by atoms with Gasteiger partial charge in [0, 0.05) is 12.6 Å². The van der Waals surface area contributed by atoms with E-state index in [1.807, 2.05) is 0 Å². The van der Waals surface area contributed by atoms with E-state index in [1.165, 1.54) is 0 Å². The van der Waals surface area contributed by atoms with Crippen LogP contribution >= 0.6 is 0 Å². The van der Waals surface area contributed by atoms with Crippen LogP contribution in [0, 0.1) is 5.92 Å². The van der Waals surface area contributed by atoms with Crippen LogP contribution in [0.2, 0.25) is 0 Å². The quantitative estimate of drug-likeness (QED) is 0.746. The normalized spacial score (nSPS) is 30.7. The van der Waals surface area contributed by atoms with E-state index in [0.717, 1.165) is 51.7 Å². The Morgan fingerprint density at radius 2 is 2.00 bits per heavy atom. The van der Waals surface area contributed by atoms with Gasteiger partial charge in [0.15, 0.2) is 0 Å². The lowest BCUT2D eigenvalue weighted by Crippen LogP contribution is -2.50. The fourth-order valence-electron chi connectivity index (χ4n) is 3.03. The van der Waals surface area contributed by atoms with Crippen LogP contribution in [0.5, 0.6) is 0 Å². The van der Waals surface area contributed by atoms with Gasteiger partial charge in [-0.1, -0.05) is 0 Å². The summed E-state index contributed by atoms with van der Waals surface area (Å²) in [4.78, 5) is 14.3. The van der Waals surface area contributed by atoms with Crippen molar-refractivity contribution in [2.24, 2.45) is 11.7 Å². The number of piperidine rings is 1. The molecule has 2 aliphatic heterocycles. The minimum Gasteiger partial charge on any atom is -0.355 e. The van der Waals surface area contributed by atoms with Crippen LogP contribution in [0.3, 0.4) is 0 Å². The number of nitrogens with zero attached hydrogens (tertiary/aromatic N) is 1. The lowest BCUT2D eigenvalue weighted by atomic mass is 9.90. The molecule has 0 spiro atoms. The van der Waals surface area contributed by atoms with Gasteiger partial charge in [-0.25, -0.2) is 0 Å². The summed E-state index contributed by atoms with van der Waals surface area (Å²) < 4.78 is 0. The van der Waals surface area contributed by atoms with E-state index < -0.39 is 0 Å². The molecule has 0 bridgehead atoms. The Morgan fingerprint density at radius 3 is 2.65 bits per heavy atom. The Morgan fingerprint density at radius 1 is 1.29 bits per heavy atom. The first-order chi connectivity index (χ1) is 8.18. The number of carbonyl (C=O) groups is 1. The summed E-state index contributed by atoms with van der Waals surface area (Å²) in [5, 5.41) is 3.02. The summed E-state index contributed by atoms with van der Waals surface area (Å²) in [6, 6.07) is 0.409. The fourth-order valence-corrected chi connectivity index (χ4v) is 3.03. The first-order valence-electron chi connectivity index (χ1n) is 6.96. The van der Waals surface area contributed by atoms with Crippen molar-refractivity contribution in [2.75, 3.05) is 19.6 Å². The second-order valence-corrected chi connectivity index (χ2v) is 5.54. The molecule has 2 saturated heterocycles. The summed E-state index contributed by atoms with van der Waals surface area (Å²) >= 11 is 0. The minimum absolute atomic E-state index is 0.117. The summed E-state index contributed by atoms with van der Waals surface area (Å²) in [6.07, 6.45) is 5.59. The standard InChI is InChI=1S/C13H25N3O/c1-10(14)11-5-8-16(9-6-11)12-4-2-3-7-15-13(12)17/h10-12H,2-9,14H2,1H3,(H,15,17). The Hall–Kier alpha value is -0.610. The number of rotatable bonds is 2. The molecule has 17 heavy (non-hydrogen) atoms. The Kier molecular flexibility index (Phi) is 4.40. The Balaban J connectivity index is 1.88. The van der Waals surface area contributed by atoms with Crippen LogP contribution in [0.4, 0.5) is 0 Å². The molecule has 0 radical (unpaired) electrons. The second kappa shape index (κ2) is 5.83. The van der Waals surface area contributed by atoms with Crippen LogP contribution in [-0.2, 0) is 4.79 Å². The van der Waals surface area contributed by atoms with Crippen molar-refractivity contribution < 1.29 is 4.79 Å². The molecule has 0 saturated carbocycles. The number of nitrogens with one attached hydrogen (secondary N) is 1. The van der Waals surface area contributed by atoms with E-state index in [1.54, 1.807) is 0 Å². The third-order valence-corrected chi connectivity index (χ3v) is 4.26. The van der Waals surface area contributed by atoms with E-state index in [2.05, 4.69) is 17.1 Å². The first-order valence-corrected chi connectivity index (χ1v) is 6.96. The fraction of sp³-hybridized carbons (Fsp3) is 0.923. The van der Waals surface area contributed by atoms with Crippen LogP contribution in [-0.4, -0.2) is 42.5 Å². The molecule has 0 aliphatic carbocycles. The molecule has 98 valence electrons. The third-order valence-electron chi connectivity index (χ3n) is 4.26. The van der Waals surface area contributed by atoms with Crippen LogP contribution in [0.1, 0.15) is 39.0 Å². The second-order valence-electron chi connectivity index (χ2n) is 5.54. The van der Waals surface area contributed by atoms with Gasteiger partial charge in [-0.05, 0) is 58.0 Å². The number of likely N-dealkylation sites (tertiary alicyclic amines) is 1. The average molecular weight is 239 g/mol. The highest BCUT2D eigenvalue weighted by Gasteiger charge is 2.31. The van der Waals surface area contributed by atoms with Gasteiger partial charge >= 0.3 is 0 Å². The number of amides is 1. The molecule has 4 nitrogen and oxygen atoms in total. The molecule has 3 N–H and O–H groups in total. The number of hydrogen-bond acceptors (Lipinski definition) is 3. The maximum Gasteiger partial charge on any atom is 0.237 e. The highest BCUT2D eigenvalue weighted by molar-refractivity contribution is 5.81. The largest absolute Gasteiger partial charge is 0.355 e. The molecule has 2 heterocycles. The monoisotopic (exact) mass is 239 g/mol. The topological polar surface area (TPSA) is 58.4 Å². The average Bonchev–Trinajstić information content (AvgIpc) is 2.54. The highest BCUT2D eigenvalue weighted by atomic mass is 16.2. The van der Waals surface area contributed by atoms with E-state index in [9.17, 15) is 4.79 Å². The molecule has 4 heteroatoms. The zero-order valence-electron chi connectivity index (χ0n) is 10.8. The molecule has 0 aromatic carbocycles. The van der Waals surface area contributed by atoms with Crippen LogP contribution in [0.15, 0.2) is 0 Å². The maximum absolute atomic E-state index is 12.0. The number of nitrogens with two attached hydrogens (primary N) is 1. The van der Waals surface area contributed by atoms with Crippen LogP contribution < -0.4 is 11.1 Å². The molecule has 2 fully saturated rings. The van der Waals surface area contributed by atoms with E-state index in [0.29, 0.717) is 12.0 Å². The zero-order chi connectivity index (χ0) is 12.3. The zero-order valence-corrected chi connectivity index (χ0v) is 10.8. The van der Waals surface area contributed by atoms with Gasteiger partial charge in [0.25, 0.3) is 0 Å². The third kappa shape index (κ3) is 3.19. The first kappa shape index (κ1) is 12.8. The van der Waals surface area contributed by atoms with Gasteiger partial charge in [0.05, 0.1) is 6.04 Å². The summed E-state index contributed by atoms with van der Waals surface area (Å²) in [6.45, 7) is 5.01. The Labute approximate surface area is 104 Å². The van der Waals surface area contributed by atoms with E-state index >= 15 is 0 Å². The molecule has 1 amide bonds. The summed E-state index contributed by atoms with van der Waals surface area (Å²) in [5.74, 6) is 0.877. The molecule has 0 aromatic heterocycles. The number of hydrogen-bond donors (Lipinski definition) is 2. The molecule has 0 aromatic rings. The van der Waals surface area contributed by atoms with Crippen molar-refractivity contribution in [2.45, 2.75) is 51.1 Å². The van der Waals surface area contributed by atoms with Gasteiger partial charge in [-0.15, -0.1) is 0 Å². The minimum atomic E-state index is 0.117. The van der Waals surface area contributed by atoms with Crippen molar-refractivity contribution in [1.82, 2.24) is 10.2 Å². The van der Waals surface area contributed by atoms with Crippen molar-refractivity contribution in [3.63, 3.8) is 0 Å². The van der Waals surface area contributed by atoms with E-state index in [4.69, 9.17) is 5.73 Å². The predicted octanol–water partition coefficient (Wildman–Crippen LogP) is 0.714. The predicted molar refractivity (Wildman–Crippen MR) is 68.6 cm³/mol. The highest BCUT2D eigenvalue weighted by Crippen LogP contribution is 2.23. The molecular weight excluding hydrogens is 214 g/mol. The van der Waals surface area contributed by atoms with Gasteiger partial charge in [0.1, 0.15) is 0 Å². The molecule has 2 aliphatic rings. The summed E-state index contributed by atoms with van der Waals surface area (Å²) in [7, 11) is 0. The Bertz CT molecular complexity index is 259. The van der Waals surface area contributed by atoms with Gasteiger partial charge in [0.2, 0.25) is 5.91 Å². The maximum atomic E-state index is 12.0. The van der Waals surface area contributed by atoms with Crippen molar-refractivity contribution in [1.29, 1.82) is 0 Å². The van der Waals surface area contributed by atoms with Gasteiger partial charge in [-0.3, -0.25) is 9.69 Å². The lowest BCUT2D eigenvalue weighted by Gasteiger charge is -2.37. The van der Waals surface area contributed by atoms with Crippen molar-refractivity contribution in [3.05, 3.63) is 0 Å². The van der Waals surface area contributed by atoms with Crippen molar-refractivity contribution in [3.8, 4) is 0 Å². The van der Waals surface area contributed by atoms with E-state index in [-0.39, 0.29) is 11.9 Å². The lowest BCUT2D eigenvalue weighted by molar-refractivity contribution is -0.126. The van der Waals surface area contributed by atoms with Crippen molar-refractivity contribution >= 4 is 5.91 Å².